The summed E-state index contributed by atoms with van der Waals surface area (Å²) in [6, 6.07) is 0. The summed E-state index contributed by atoms with van der Waals surface area (Å²) in [4.78, 5) is 0. The van der Waals surface area contributed by atoms with Gasteiger partial charge in [-0.3, -0.25) is 0 Å². The van der Waals surface area contributed by atoms with Gasteiger partial charge in [0.2, 0.25) is 0 Å². The van der Waals surface area contributed by atoms with E-state index in [1.807, 2.05) is 0 Å². The lowest BCUT2D eigenvalue weighted by Gasteiger charge is -2.29. The van der Waals surface area contributed by atoms with Crippen molar-refractivity contribution in [3.63, 3.8) is 0 Å². The first-order valence-electron chi connectivity index (χ1n) is 6.24. The highest BCUT2D eigenvalue weighted by Gasteiger charge is 2.20. The predicted molar refractivity (Wildman–Crippen MR) is 59.8 cm³/mol. The number of rotatable bonds is 4. The van der Waals surface area contributed by atoms with Crippen LogP contribution in [0.25, 0.3) is 0 Å². The van der Waals surface area contributed by atoms with E-state index < -0.39 is 0 Å². The molecule has 0 amide bonds. The van der Waals surface area contributed by atoms with Crippen LogP contribution in [0.5, 0.6) is 0 Å². The van der Waals surface area contributed by atoms with Crippen molar-refractivity contribution in [2.75, 3.05) is 0 Å². The minimum Gasteiger partial charge on any atom is -0.0651 e. The monoisotopic (exact) mass is 182 g/mol. The Labute approximate surface area is 84.1 Å². The summed E-state index contributed by atoms with van der Waals surface area (Å²) < 4.78 is 0. The van der Waals surface area contributed by atoms with E-state index in [1.165, 1.54) is 44.9 Å². The van der Waals surface area contributed by atoms with Crippen LogP contribution in [-0.2, 0) is 0 Å². The van der Waals surface area contributed by atoms with Crippen molar-refractivity contribution in [1.29, 1.82) is 0 Å². The van der Waals surface area contributed by atoms with Crippen LogP contribution < -0.4 is 0 Å². The van der Waals surface area contributed by atoms with E-state index in [-0.39, 0.29) is 0 Å². The molecular weight excluding hydrogens is 156 g/mol. The van der Waals surface area contributed by atoms with Crippen LogP contribution in [-0.4, -0.2) is 0 Å². The fraction of sp³-hybridized carbons (Fsp3) is 1.00. The number of hydrogen-bond donors (Lipinski definition) is 0. The molecule has 1 fully saturated rings. The first-order valence-corrected chi connectivity index (χ1v) is 6.24. The molecule has 0 N–H and O–H groups in total. The highest BCUT2D eigenvalue weighted by Crippen LogP contribution is 2.33. The Kier molecular flexibility index (Phi) is 4.83. The summed E-state index contributed by atoms with van der Waals surface area (Å²) >= 11 is 0. The molecule has 3 unspecified atom stereocenters. The van der Waals surface area contributed by atoms with Gasteiger partial charge in [-0.25, -0.2) is 0 Å². The summed E-state index contributed by atoms with van der Waals surface area (Å²) in [6.45, 7) is 7.17. The second-order valence-electron chi connectivity index (χ2n) is 5.11. The molecule has 1 rings (SSSR count). The fourth-order valence-electron chi connectivity index (χ4n) is 2.52. The molecule has 0 aromatic rings. The van der Waals surface area contributed by atoms with E-state index in [9.17, 15) is 0 Å². The maximum Gasteiger partial charge on any atom is -0.0388 e. The van der Waals surface area contributed by atoms with E-state index in [1.54, 1.807) is 0 Å². The lowest BCUT2D eigenvalue weighted by molar-refractivity contribution is 0.227. The van der Waals surface area contributed by atoms with Gasteiger partial charge in [-0.05, 0) is 24.2 Å². The third kappa shape index (κ3) is 3.70. The van der Waals surface area contributed by atoms with E-state index in [4.69, 9.17) is 0 Å². The lowest BCUT2D eigenvalue weighted by Crippen LogP contribution is -2.17. The van der Waals surface area contributed by atoms with Crippen molar-refractivity contribution in [2.45, 2.75) is 65.7 Å². The Morgan fingerprint density at radius 3 is 2.54 bits per heavy atom. The van der Waals surface area contributed by atoms with E-state index >= 15 is 0 Å². The smallest absolute Gasteiger partial charge is 0.0388 e. The minimum absolute atomic E-state index is 0.953. The van der Waals surface area contributed by atoms with Gasteiger partial charge >= 0.3 is 0 Å². The third-order valence-corrected chi connectivity index (χ3v) is 4.02. The summed E-state index contributed by atoms with van der Waals surface area (Å²) in [5.74, 6) is 3.02. The molecule has 0 nitrogen and oxygen atoms in total. The Morgan fingerprint density at radius 1 is 1.23 bits per heavy atom. The second kappa shape index (κ2) is 5.67. The Bertz CT molecular complexity index is 128. The van der Waals surface area contributed by atoms with Crippen molar-refractivity contribution in [1.82, 2.24) is 0 Å². The standard InChI is InChI=1S/C13H26/c1-4-11(2)9-10-13-8-6-5-7-12(13)3/h11-13H,4-10H2,1-3H3. The van der Waals surface area contributed by atoms with E-state index in [0.717, 1.165) is 17.8 Å². The van der Waals surface area contributed by atoms with Gasteiger partial charge in [-0.2, -0.15) is 0 Å². The van der Waals surface area contributed by atoms with Crippen molar-refractivity contribution in [3.8, 4) is 0 Å². The highest BCUT2D eigenvalue weighted by molar-refractivity contribution is 4.72. The molecule has 13 heavy (non-hydrogen) atoms. The van der Waals surface area contributed by atoms with Crippen LogP contribution in [0.15, 0.2) is 0 Å². The summed E-state index contributed by atoms with van der Waals surface area (Å²) in [5.41, 5.74) is 0. The van der Waals surface area contributed by atoms with Crippen LogP contribution in [0.1, 0.15) is 65.7 Å². The molecule has 0 saturated heterocycles. The SMILES string of the molecule is CCC(C)CCC1CCCCC1C. The quantitative estimate of drug-likeness (QED) is 0.594. The molecule has 78 valence electrons. The van der Waals surface area contributed by atoms with E-state index in [0.29, 0.717) is 0 Å². The zero-order valence-electron chi connectivity index (χ0n) is 9.68. The zero-order chi connectivity index (χ0) is 9.68. The Morgan fingerprint density at radius 2 is 1.92 bits per heavy atom. The summed E-state index contributed by atoms with van der Waals surface area (Å²) in [5, 5.41) is 0. The van der Waals surface area contributed by atoms with Gasteiger partial charge in [-0.15, -0.1) is 0 Å². The molecule has 1 aliphatic rings. The van der Waals surface area contributed by atoms with Crippen LogP contribution in [0, 0.1) is 17.8 Å². The lowest BCUT2D eigenvalue weighted by atomic mass is 9.77. The van der Waals surface area contributed by atoms with Crippen molar-refractivity contribution in [3.05, 3.63) is 0 Å². The molecule has 0 heterocycles. The molecule has 1 aliphatic carbocycles. The Hall–Kier alpha value is 0. The van der Waals surface area contributed by atoms with E-state index in [2.05, 4.69) is 20.8 Å². The Balaban J connectivity index is 2.18. The third-order valence-electron chi connectivity index (χ3n) is 4.02. The molecular formula is C13H26. The zero-order valence-corrected chi connectivity index (χ0v) is 9.68. The van der Waals surface area contributed by atoms with Gasteiger partial charge < -0.3 is 0 Å². The van der Waals surface area contributed by atoms with Gasteiger partial charge in [0, 0.05) is 0 Å². The molecule has 0 heteroatoms. The summed E-state index contributed by atoms with van der Waals surface area (Å²) in [7, 11) is 0. The average molecular weight is 182 g/mol. The molecule has 0 bridgehead atoms. The normalized spacial score (nSPS) is 31.6. The van der Waals surface area contributed by atoms with Crippen molar-refractivity contribution >= 4 is 0 Å². The molecule has 0 aromatic heterocycles. The average Bonchev–Trinajstić information content (AvgIpc) is 2.16. The largest absolute Gasteiger partial charge is 0.0651 e. The van der Waals surface area contributed by atoms with Crippen molar-refractivity contribution < 1.29 is 0 Å². The van der Waals surface area contributed by atoms with Gasteiger partial charge in [0.25, 0.3) is 0 Å². The molecule has 1 saturated carbocycles. The molecule has 3 atom stereocenters. The molecule has 0 radical (unpaired) electrons. The van der Waals surface area contributed by atoms with Gasteiger partial charge in [-0.1, -0.05) is 59.3 Å². The number of hydrogen-bond acceptors (Lipinski definition) is 0. The van der Waals surface area contributed by atoms with Crippen LogP contribution in [0.2, 0.25) is 0 Å². The first kappa shape index (κ1) is 11.1. The second-order valence-corrected chi connectivity index (χ2v) is 5.11. The van der Waals surface area contributed by atoms with Crippen molar-refractivity contribution in [2.24, 2.45) is 17.8 Å². The van der Waals surface area contributed by atoms with Crippen LogP contribution >= 0.6 is 0 Å². The topological polar surface area (TPSA) is 0 Å². The highest BCUT2D eigenvalue weighted by atomic mass is 14.3. The van der Waals surface area contributed by atoms with Gasteiger partial charge in [0.1, 0.15) is 0 Å². The maximum atomic E-state index is 2.46. The minimum atomic E-state index is 0.953. The molecule has 0 aliphatic heterocycles. The maximum absolute atomic E-state index is 2.46. The predicted octanol–water partition coefficient (Wildman–Crippen LogP) is 4.64. The molecule has 0 aromatic carbocycles. The summed E-state index contributed by atoms with van der Waals surface area (Å²) in [6.07, 6.45) is 10.3. The first-order chi connectivity index (χ1) is 6.24. The fourth-order valence-corrected chi connectivity index (χ4v) is 2.52. The molecule has 0 spiro atoms. The van der Waals surface area contributed by atoms with Gasteiger partial charge in [0.15, 0.2) is 0 Å². The van der Waals surface area contributed by atoms with Crippen LogP contribution in [0.3, 0.4) is 0 Å². The van der Waals surface area contributed by atoms with Crippen LogP contribution in [0.4, 0.5) is 0 Å². The van der Waals surface area contributed by atoms with Gasteiger partial charge in [0.05, 0.1) is 0 Å².